The van der Waals surface area contributed by atoms with Gasteiger partial charge in [-0.2, -0.15) is 0 Å². The van der Waals surface area contributed by atoms with Crippen LogP contribution in [0.4, 0.5) is 23.7 Å². The first-order valence-electron chi connectivity index (χ1n) is 10.2. The van der Waals surface area contributed by atoms with Crippen LogP contribution < -0.4 is 15.4 Å². The molecular weight excluding hydrogens is 397 g/mol. The Morgan fingerprint density at radius 3 is 2.70 bits per heavy atom. The maximum atomic E-state index is 12.2. The molecule has 0 radical (unpaired) electrons. The van der Waals surface area contributed by atoms with Crippen LogP contribution >= 0.6 is 0 Å². The monoisotopic (exact) mass is 426 g/mol. The molecule has 2 N–H and O–H groups in total. The summed E-state index contributed by atoms with van der Waals surface area (Å²) in [5.74, 6) is 0.984. The number of ether oxygens (including phenoxy) is 1. The predicted octanol–water partition coefficient (Wildman–Crippen LogP) is 3.53. The zero-order valence-corrected chi connectivity index (χ0v) is 17.1. The third-order valence-corrected chi connectivity index (χ3v) is 5.84. The summed E-state index contributed by atoms with van der Waals surface area (Å²) >= 11 is 0. The molecule has 3 heterocycles. The fourth-order valence-corrected chi connectivity index (χ4v) is 4.49. The fourth-order valence-electron chi connectivity index (χ4n) is 4.49. The summed E-state index contributed by atoms with van der Waals surface area (Å²) < 4.78 is 40.4. The standard InChI is InChI=1S/C21H29F3N4O2/c1-3-9-27(2)13-16-14-28-10-8-15(16)11-18(28)12-25-20(29)26-17-4-6-19(7-5-17)30-21(22,23)24/h3-7,15-16,18H,1,8-14H2,2H3,(H2,25,26,29). The maximum absolute atomic E-state index is 12.2. The number of rotatable bonds is 8. The minimum Gasteiger partial charge on any atom is -0.406 e. The second-order valence-electron chi connectivity index (χ2n) is 8.11. The summed E-state index contributed by atoms with van der Waals surface area (Å²) in [6, 6.07) is 5.02. The summed E-state index contributed by atoms with van der Waals surface area (Å²) in [4.78, 5) is 16.9. The molecule has 9 heteroatoms. The number of hydrogen-bond acceptors (Lipinski definition) is 4. The first-order chi connectivity index (χ1) is 14.2. The highest BCUT2D eigenvalue weighted by molar-refractivity contribution is 5.89. The predicted molar refractivity (Wildman–Crippen MR) is 109 cm³/mol. The number of anilines is 1. The third kappa shape index (κ3) is 6.37. The van der Waals surface area contributed by atoms with E-state index in [1.807, 2.05) is 6.08 Å². The number of amides is 2. The molecule has 3 saturated heterocycles. The molecule has 0 aromatic heterocycles. The molecule has 6 nitrogen and oxygen atoms in total. The number of piperidine rings is 3. The highest BCUT2D eigenvalue weighted by Gasteiger charge is 2.40. The topological polar surface area (TPSA) is 56.8 Å². The molecule has 2 amide bonds. The van der Waals surface area contributed by atoms with Gasteiger partial charge in [0, 0.05) is 37.9 Å². The molecular formula is C21H29F3N4O2. The summed E-state index contributed by atoms with van der Waals surface area (Å²) in [5, 5.41) is 5.53. The molecule has 0 spiro atoms. The van der Waals surface area contributed by atoms with Gasteiger partial charge in [-0.1, -0.05) is 6.08 Å². The van der Waals surface area contributed by atoms with E-state index in [9.17, 15) is 18.0 Å². The van der Waals surface area contributed by atoms with Crippen LogP contribution in [0.5, 0.6) is 5.75 Å². The number of nitrogens with one attached hydrogen (secondary N) is 2. The highest BCUT2D eigenvalue weighted by Crippen LogP contribution is 2.36. The summed E-state index contributed by atoms with van der Waals surface area (Å²) in [7, 11) is 2.12. The van der Waals surface area contributed by atoms with Crippen molar-refractivity contribution < 1.29 is 22.7 Å². The van der Waals surface area contributed by atoms with Crippen molar-refractivity contribution in [3.05, 3.63) is 36.9 Å². The molecule has 3 aliphatic heterocycles. The fraction of sp³-hybridized carbons (Fsp3) is 0.571. The molecule has 1 aromatic rings. The average molecular weight is 426 g/mol. The molecule has 30 heavy (non-hydrogen) atoms. The van der Waals surface area contributed by atoms with Crippen LogP contribution in [0.3, 0.4) is 0 Å². The van der Waals surface area contributed by atoms with Crippen molar-refractivity contribution in [3.63, 3.8) is 0 Å². The van der Waals surface area contributed by atoms with Gasteiger partial charge in [0.2, 0.25) is 0 Å². The van der Waals surface area contributed by atoms with Gasteiger partial charge >= 0.3 is 12.4 Å². The van der Waals surface area contributed by atoms with E-state index >= 15 is 0 Å². The number of nitrogens with zero attached hydrogens (tertiary/aromatic N) is 2. The number of likely N-dealkylation sites (N-methyl/N-ethyl adjacent to an activating group) is 1. The van der Waals surface area contributed by atoms with Crippen LogP contribution in [0, 0.1) is 11.8 Å². The second kappa shape index (κ2) is 9.70. The number of halogens is 3. The molecule has 3 aliphatic rings. The quantitative estimate of drug-likeness (QED) is 0.625. The Morgan fingerprint density at radius 1 is 1.37 bits per heavy atom. The van der Waals surface area contributed by atoms with E-state index in [2.05, 4.69) is 38.8 Å². The molecule has 0 saturated carbocycles. The minimum absolute atomic E-state index is 0.318. The van der Waals surface area contributed by atoms with E-state index in [0.717, 1.165) is 32.6 Å². The van der Waals surface area contributed by atoms with Gasteiger partial charge in [0.25, 0.3) is 0 Å². The first kappa shape index (κ1) is 22.4. The Morgan fingerprint density at radius 2 is 2.10 bits per heavy atom. The number of benzene rings is 1. The van der Waals surface area contributed by atoms with E-state index in [4.69, 9.17) is 0 Å². The number of alkyl halides is 3. The largest absolute Gasteiger partial charge is 0.573 e. The Hall–Kier alpha value is -2.26. The number of carbonyl (C=O) groups excluding carboxylic acids is 1. The maximum Gasteiger partial charge on any atom is 0.573 e. The van der Waals surface area contributed by atoms with Crippen molar-refractivity contribution in [2.24, 2.45) is 11.8 Å². The van der Waals surface area contributed by atoms with Crippen LogP contribution in [0.25, 0.3) is 0 Å². The van der Waals surface area contributed by atoms with Gasteiger partial charge in [-0.05, 0) is 62.5 Å². The van der Waals surface area contributed by atoms with Gasteiger partial charge < -0.3 is 20.3 Å². The van der Waals surface area contributed by atoms with Crippen LogP contribution in [0.2, 0.25) is 0 Å². The zero-order chi connectivity index (χ0) is 21.7. The van der Waals surface area contributed by atoms with E-state index in [-0.39, 0.29) is 11.8 Å². The second-order valence-corrected chi connectivity index (χ2v) is 8.11. The van der Waals surface area contributed by atoms with Crippen LogP contribution in [-0.4, -0.2) is 68.0 Å². The highest BCUT2D eigenvalue weighted by atomic mass is 19.4. The number of hydrogen-bond donors (Lipinski definition) is 2. The summed E-state index contributed by atoms with van der Waals surface area (Å²) in [5.41, 5.74) is 0.401. The van der Waals surface area contributed by atoms with Crippen molar-refractivity contribution in [2.45, 2.75) is 25.2 Å². The zero-order valence-electron chi connectivity index (χ0n) is 17.1. The van der Waals surface area contributed by atoms with Crippen molar-refractivity contribution >= 4 is 11.7 Å². The molecule has 4 atom stereocenters. The van der Waals surface area contributed by atoms with Crippen molar-refractivity contribution in [1.29, 1.82) is 0 Å². The lowest BCUT2D eigenvalue weighted by Crippen LogP contribution is -2.58. The van der Waals surface area contributed by atoms with Crippen LogP contribution in [-0.2, 0) is 0 Å². The lowest BCUT2D eigenvalue weighted by Gasteiger charge is -2.50. The van der Waals surface area contributed by atoms with Gasteiger partial charge in [-0.3, -0.25) is 4.90 Å². The SMILES string of the molecule is C=CCN(C)CC1CN2CCC1CC2CNC(=O)Nc1ccc(OC(F)(F)F)cc1. The Balaban J connectivity index is 1.43. The molecule has 4 rings (SSSR count). The van der Waals surface area contributed by atoms with Crippen molar-refractivity contribution in [1.82, 2.24) is 15.1 Å². The molecule has 1 aromatic carbocycles. The van der Waals surface area contributed by atoms with Crippen LogP contribution in [0.15, 0.2) is 36.9 Å². The Bertz CT molecular complexity index is 726. The lowest BCUT2D eigenvalue weighted by molar-refractivity contribution is -0.274. The molecule has 4 unspecified atom stereocenters. The van der Waals surface area contributed by atoms with Crippen molar-refractivity contribution in [3.8, 4) is 5.75 Å². The average Bonchev–Trinajstić information content (AvgIpc) is 2.68. The molecule has 166 valence electrons. The minimum atomic E-state index is -4.74. The normalized spacial score (nSPS) is 25.8. The van der Waals surface area contributed by atoms with E-state index in [1.54, 1.807) is 0 Å². The number of urea groups is 1. The van der Waals surface area contributed by atoms with Gasteiger partial charge in [0.05, 0.1) is 0 Å². The first-order valence-corrected chi connectivity index (χ1v) is 10.2. The van der Waals surface area contributed by atoms with Gasteiger partial charge in [0.15, 0.2) is 0 Å². The summed E-state index contributed by atoms with van der Waals surface area (Å²) in [6.07, 6.45) is -0.553. The van der Waals surface area contributed by atoms with Gasteiger partial charge in [-0.15, -0.1) is 19.8 Å². The lowest BCUT2D eigenvalue weighted by atomic mass is 9.75. The smallest absolute Gasteiger partial charge is 0.406 e. The van der Waals surface area contributed by atoms with Gasteiger partial charge in [0.1, 0.15) is 5.75 Å². The third-order valence-electron chi connectivity index (χ3n) is 5.84. The van der Waals surface area contributed by atoms with Crippen LogP contribution in [0.1, 0.15) is 12.8 Å². The Labute approximate surface area is 175 Å². The van der Waals surface area contributed by atoms with E-state index in [0.29, 0.717) is 30.1 Å². The molecule has 0 aliphatic carbocycles. The molecule has 3 fully saturated rings. The molecule has 2 bridgehead atoms. The number of fused-ring (bicyclic) bond motifs is 3. The van der Waals surface area contributed by atoms with Crippen molar-refractivity contribution in [2.75, 3.05) is 45.1 Å². The van der Waals surface area contributed by atoms with E-state index in [1.165, 1.54) is 30.7 Å². The summed E-state index contributed by atoms with van der Waals surface area (Å²) in [6.45, 7) is 8.38. The Kier molecular flexibility index (Phi) is 7.25. The van der Waals surface area contributed by atoms with Gasteiger partial charge in [-0.25, -0.2) is 4.79 Å². The van der Waals surface area contributed by atoms with E-state index < -0.39 is 6.36 Å². The number of carbonyl (C=O) groups is 1.